The molecular formula is C38H24N4. The summed E-state index contributed by atoms with van der Waals surface area (Å²) in [4.78, 5) is 9.28. The second-order valence-corrected chi connectivity index (χ2v) is 10.7. The number of aromatic nitrogens is 4. The molecule has 5 aromatic carbocycles. The van der Waals surface area contributed by atoms with Crippen LogP contribution in [0.3, 0.4) is 0 Å². The van der Waals surface area contributed by atoms with Crippen molar-refractivity contribution >= 4 is 54.4 Å². The number of fused-ring (bicyclic) bond motifs is 8. The maximum absolute atomic E-state index is 4.80. The highest BCUT2D eigenvalue weighted by molar-refractivity contribution is 6.22. The SMILES string of the molecule is c1ccc(-n2c3ccccc3c3ccc4cc5c(cc4c32)c2ccccc2n5-c2ccc(-c3ccccn3)nc2)cc1. The summed E-state index contributed by atoms with van der Waals surface area (Å²) in [5.74, 6) is 0. The summed E-state index contributed by atoms with van der Waals surface area (Å²) in [6, 6.07) is 47.4. The van der Waals surface area contributed by atoms with Gasteiger partial charge in [0.15, 0.2) is 0 Å². The standard InChI is InChI=1S/C38H24N4/c1-2-10-26(11-3-1)42-36-16-7-4-12-28(36)30-19-17-25-22-37-32(23-31(25)38(30)42)29-13-5-6-15-35(29)41(37)27-18-20-34(40-24-27)33-14-8-9-21-39-33/h1-24H. The average molecular weight is 537 g/mol. The van der Waals surface area contributed by atoms with E-state index in [1.54, 1.807) is 6.20 Å². The van der Waals surface area contributed by atoms with Gasteiger partial charge in [-0.1, -0.05) is 72.8 Å². The fourth-order valence-corrected chi connectivity index (χ4v) is 6.55. The second kappa shape index (κ2) is 8.88. The highest BCUT2D eigenvalue weighted by Gasteiger charge is 2.18. The summed E-state index contributed by atoms with van der Waals surface area (Å²) in [7, 11) is 0. The topological polar surface area (TPSA) is 35.6 Å². The first-order valence-corrected chi connectivity index (χ1v) is 14.2. The Balaban J connectivity index is 1.36. The Morgan fingerprint density at radius 1 is 0.405 bits per heavy atom. The van der Waals surface area contributed by atoms with Gasteiger partial charge in [0.2, 0.25) is 0 Å². The van der Waals surface area contributed by atoms with Crippen LogP contribution in [0.15, 0.2) is 146 Å². The third kappa shape index (κ3) is 3.29. The summed E-state index contributed by atoms with van der Waals surface area (Å²) in [6.45, 7) is 0. The van der Waals surface area contributed by atoms with Crippen LogP contribution in [0.1, 0.15) is 0 Å². The molecule has 0 saturated heterocycles. The van der Waals surface area contributed by atoms with Crippen molar-refractivity contribution in [2.24, 2.45) is 0 Å². The minimum atomic E-state index is 0.863. The molecule has 0 unspecified atom stereocenters. The summed E-state index contributed by atoms with van der Waals surface area (Å²) >= 11 is 0. The van der Waals surface area contributed by atoms with E-state index in [0.29, 0.717) is 0 Å². The number of hydrogen-bond donors (Lipinski definition) is 0. The van der Waals surface area contributed by atoms with Gasteiger partial charge < -0.3 is 9.13 Å². The molecule has 9 rings (SSSR count). The van der Waals surface area contributed by atoms with Gasteiger partial charge in [-0.05, 0) is 66.0 Å². The van der Waals surface area contributed by atoms with E-state index in [-0.39, 0.29) is 0 Å². The number of pyridine rings is 2. The zero-order valence-corrected chi connectivity index (χ0v) is 22.6. The molecule has 0 N–H and O–H groups in total. The Bertz CT molecular complexity index is 2430. The van der Waals surface area contributed by atoms with Crippen LogP contribution < -0.4 is 0 Å². The molecule has 0 aliphatic carbocycles. The van der Waals surface area contributed by atoms with Gasteiger partial charge in [0.05, 0.1) is 45.3 Å². The number of rotatable bonds is 3. The monoisotopic (exact) mass is 536 g/mol. The lowest BCUT2D eigenvalue weighted by Crippen LogP contribution is -1.96. The zero-order valence-electron chi connectivity index (χ0n) is 22.6. The van der Waals surface area contributed by atoms with Crippen molar-refractivity contribution in [2.45, 2.75) is 0 Å². The van der Waals surface area contributed by atoms with Crippen molar-refractivity contribution in [2.75, 3.05) is 0 Å². The fraction of sp³-hybridized carbons (Fsp3) is 0. The summed E-state index contributed by atoms with van der Waals surface area (Å²) in [5, 5.41) is 7.43. The smallest absolute Gasteiger partial charge is 0.0887 e. The molecular weight excluding hydrogens is 512 g/mol. The molecule has 4 aromatic heterocycles. The molecule has 4 heteroatoms. The molecule has 4 heterocycles. The lowest BCUT2D eigenvalue weighted by Gasteiger charge is -2.11. The first-order valence-electron chi connectivity index (χ1n) is 14.2. The molecule has 0 bridgehead atoms. The molecule has 0 saturated carbocycles. The van der Waals surface area contributed by atoms with Gasteiger partial charge in [-0.25, -0.2) is 0 Å². The molecule has 4 nitrogen and oxygen atoms in total. The van der Waals surface area contributed by atoms with E-state index < -0.39 is 0 Å². The summed E-state index contributed by atoms with van der Waals surface area (Å²) in [6.07, 6.45) is 3.76. The molecule has 196 valence electrons. The summed E-state index contributed by atoms with van der Waals surface area (Å²) < 4.78 is 4.74. The van der Waals surface area contributed by atoms with Gasteiger partial charge in [-0.15, -0.1) is 0 Å². The normalized spacial score (nSPS) is 11.8. The van der Waals surface area contributed by atoms with E-state index in [1.807, 2.05) is 24.4 Å². The Morgan fingerprint density at radius 3 is 1.88 bits per heavy atom. The summed E-state index contributed by atoms with van der Waals surface area (Å²) in [5.41, 5.74) is 8.70. The van der Waals surface area contributed by atoms with E-state index in [9.17, 15) is 0 Å². The van der Waals surface area contributed by atoms with E-state index in [4.69, 9.17) is 4.98 Å². The maximum atomic E-state index is 4.80. The van der Waals surface area contributed by atoms with Crippen LogP contribution >= 0.6 is 0 Å². The van der Waals surface area contributed by atoms with E-state index in [0.717, 1.165) is 33.8 Å². The van der Waals surface area contributed by atoms with Crippen LogP contribution in [0.5, 0.6) is 0 Å². The van der Waals surface area contributed by atoms with Crippen molar-refractivity contribution in [3.8, 4) is 22.8 Å². The molecule has 0 fully saturated rings. The van der Waals surface area contributed by atoms with E-state index in [2.05, 4.69) is 129 Å². The second-order valence-electron chi connectivity index (χ2n) is 10.7. The first kappa shape index (κ1) is 23.0. The lowest BCUT2D eigenvalue weighted by molar-refractivity contribution is 1.14. The van der Waals surface area contributed by atoms with Crippen LogP contribution in [0.2, 0.25) is 0 Å². The van der Waals surface area contributed by atoms with Crippen LogP contribution in [0.25, 0.3) is 77.1 Å². The van der Waals surface area contributed by atoms with Gasteiger partial charge >= 0.3 is 0 Å². The Morgan fingerprint density at radius 2 is 1.12 bits per heavy atom. The van der Waals surface area contributed by atoms with Crippen LogP contribution in [-0.4, -0.2) is 19.1 Å². The third-order valence-electron chi connectivity index (χ3n) is 8.39. The van der Waals surface area contributed by atoms with Crippen molar-refractivity contribution in [3.63, 3.8) is 0 Å². The maximum Gasteiger partial charge on any atom is 0.0887 e. The molecule has 0 atom stereocenters. The Kier molecular flexibility index (Phi) is 4.87. The van der Waals surface area contributed by atoms with Crippen LogP contribution in [-0.2, 0) is 0 Å². The molecule has 0 amide bonds. The van der Waals surface area contributed by atoms with E-state index >= 15 is 0 Å². The largest absolute Gasteiger partial charge is 0.309 e. The molecule has 0 radical (unpaired) electrons. The Hall–Kier alpha value is -5.74. The molecule has 0 aliphatic heterocycles. The van der Waals surface area contributed by atoms with Gasteiger partial charge in [-0.3, -0.25) is 9.97 Å². The molecule has 9 aromatic rings. The van der Waals surface area contributed by atoms with Gasteiger partial charge in [-0.2, -0.15) is 0 Å². The molecule has 42 heavy (non-hydrogen) atoms. The minimum absolute atomic E-state index is 0.863. The van der Waals surface area contributed by atoms with Crippen LogP contribution in [0, 0.1) is 0 Å². The number of hydrogen-bond acceptors (Lipinski definition) is 2. The van der Waals surface area contributed by atoms with Gasteiger partial charge in [0.1, 0.15) is 0 Å². The van der Waals surface area contributed by atoms with Crippen molar-refractivity contribution in [1.29, 1.82) is 0 Å². The van der Waals surface area contributed by atoms with Gasteiger partial charge in [0.25, 0.3) is 0 Å². The third-order valence-corrected chi connectivity index (χ3v) is 8.39. The first-order chi connectivity index (χ1) is 20.8. The highest BCUT2D eigenvalue weighted by atomic mass is 15.0. The van der Waals surface area contributed by atoms with E-state index in [1.165, 1.54) is 43.4 Å². The van der Waals surface area contributed by atoms with Crippen molar-refractivity contribution < 1.29 is 0 Å². The van der Waals surface area contributed by atoms with Gasteiger partial charge in [0, 0.05) is 38.8 Å². The number of benzene rings is 5. The average Bonchev–Trinajstić information content (AvgIpc) is 3.57. The van der Waals surface area contributed by atoms with Crippen LogP contribution in [0.4, 0.5) is 0 Å². The molecule has 0 spiro atoms. The van der Waals surface area contributed by atoms with Crippen molar-refractivity contribution in [3.05, 3.63) is 146 Å². The van der Waals surface area contributed by atoms with Crippen molar-refractivity contribution in [1.82, 2.24) is 19.1 Å². The highest BCUT2D eigenvalue weighted by Crippen LogP contribution is 2.40. The predicted molar refractivity (Wildman–Crippen MR) is 174 cm³/mol. The molecule has 0 aliphatic rings. The predicted octanol–water partition coefficient (Wildman–Crippen LogP) is 9.49. The quantitative estimate of drug-likeness (QED) is 0.225. The minimum Gasteiger partial charge on any atom is -0.309 e. The number of nitrogens with zero attached hydrogens (tertiary/aromatic N) is 4. The fourth-order valence-electron chi connectivity index (χ4n) is 6.55. The lowest BCUT2D eigenvalue weighted by atomic mass is 10.0. The zero-order chi connectivity index (χ0) is 27.6. The number of para-hydroxylation sites is 3. The Labute approximate surface area is 241 Å².